The number of hydrogen-bond donors (Lipinski definition) is 1. The molecule has 3 nitrogen and oxygen atoms in total. The summed E-state index contributed by atoms with van der Waals surface area (Å²) in [6, 6.07) is 2.46. The van der Waals surface area contributed by atoms with Crippen LogP contribution in [0, 0.1) is 11.6 Å². The molecule has 1 saturated heterocycles. The van der Waals surface area contributed by atoms with Gasteiger partial charge in [-0.25, -0.2) is 8.78 Å². The van der Waals surface area contributed by atoms with E-state index >= 15 is 0 Å². The van der Waals surface area contributed by atoms with Crippen molar-refractivity contribution in [3.8, 4) is 0 Å². The van der Waals surface area contributed by atoms with Crippen molar-refractivity contribution in [3.05, 3.63) is 33.8 Å². The van der Waals surface area contributed by atoms with E-state index in [1.807, 2.05) is 27.7 Å². The Hall–Kier alpha value is -0.495. The largest absolute Gasteiger partial charge is 0.480 e. The molecular formula is C13H17BBrF2NO2. The molecule has 110 valence electrons. The van der Waals surface area contributed by atoms with Crippen molar-refractivity contribution in [1.29, 1.82) is 0 Å². The lowest BCUT2D eigenvalue weighted by Gasteiger charge is -2.32. The first kappa shape index (κ1) is 15.9. The van der Waals surface area contributed by atoms with Crippen LogP contribution < -0.4 is 5.73 Å². The molecular weight excluding hydrogens is 331 g/mol. The molecule has 1 aromatic rings. The van der Waals surface area contributed by atoms with Crippen LogP contribution in [-0.2, 0) is 9.31 Å². The molecule has 1 fully saturated rings. The highest BCUT2D eigenvalue weighted by atomic mass is 79.9. The molecule has 0 amide bonds. The van der Waals surface area contributed by atoms with Crippen LogP contribution in [0.25, 0.3) is 0 Å². The van der Waals surface area contributed by atoms with E-state index in [0.717, 1.165) is 6.07 Å². The van der Waals surface area contributed by atoms with E-state index in [9.17, 15) is 8.78 Å². The molecule has 20 heavy (non-hydrogen) atoms. The second-order valence-corrected chi connectivity index (χ2v) is 6.76. The topological polar surface area (TPSA) is 44.5 Å². The fourth-order valence-electron chi connectivity index (χ4n) is 2.02. The summed E-state index contributed by atoms with van der Waals surface area (Å²) in [6.45, 7) is 7.42. The zero-order valence-corrected chi connectivity index (χ0v) is 13.4. The monoisotopic (exact) mass is 347 g/mol. The van der Waals surface area contributed by atoms with Gasteiger partial charge in [0.25, 0.3) is 0 Å². The van der Waals surface area contributed by atoms with Crippen molar-refractivity contribution >= 4 is 23.0 Å². The van der Waals surface area contributed by atoms with Crippen molar-refractivity contribution < 1.29 is 18.1 Å². The predicted molar refractivity (Wildman–Crippen MR) is 77.1 cm³/mol. The number of rotatable bonds is 2. The maximum atomic E-state index is 14.1. The van der Waals surface area contributed by atoms with Crippen LogP contribution in [0.5, 0.6) is 0 Å². The smallest absolute Gasteiger partial charge is 0.402 e. The Morgan fingerprint density at radius 1 is 1.15 bits per heavy atom. The van der Waals surface area contributed by atoms with Crippen LogP contribution in [0.2, 0.25) is 0 Å². The summed E-state index contributed by atoms with van der Waals surface area (Å²) in [7, 11) is -0.904. The van der Waals surface area contributed by atoms with Gasteiger partial charge in [-0.05, 0) is 55.8 Å². The maximum Gasteiger partial charge on any atom is 0.480 e. The van der Waals surface area contributed by atoms with Gasteiger partial charge in [-0.15, -0.1) is 0 Å². The second kappa shape index (κ2) is 5.05. The Bertz CT molecular complexity index is 523. The highest BCUT2D eigenvalue weighted by Gasteiger charge is 2.54. The van der Waals surface area contributed by atoms with Crippen molar-refractivity contribution in [1.82, 2.24) is 0 Å². The zero-order valence-electron chi connectivity index (χ0n) is 11.8. The third-order valence-corrected chi connectivity index (χ3v) is 4.59. The van der Waals surface area contributed by atoms with E-state index in [-0.39, 0.29) is 10.0 Å². The number of hydrogen-bond acceptors (Lipinski definition) is 3. The molecule has 0 bridgehead atoms. The van der Waals surface area contributed by atoms with E-state index in [1.165, 1.54) is 6.07 Å². The molecule has 1 heterocycles. The van der Waals surface area contributed by atoms with Gasteiger partial charge in [-0.3, -0.25) is 0 Å². The Kier molecular flexibility index (Phi) is 4.01. The number of benzene rings is 1. The molecule has 0 aliphatic carbocycles. The molecule has 1 aliphatic rings. The average molecular weight is 348 g/mol. The van der Waals surface area contributed by atoms with Crippen LogP contribution >= 0.6 is 15.9 Å². The van der Waals surface area contributed by atoms with Gasteiger partial charge in [-0.1, -0.05) is 0 Å². The average Bonchev–Trinajstić information content (AvgIpc) is 2.54. The predicted octanol–water partition coefficient (Wildman–Crippen LogP) is 3.36. The minimum Gasteiger partial charge on any atom is -0.402 e. The molecule has 7 heteroatoms. The Morgan fingerprint density at radius 2 is 1.65 bits per heavy atom. The van der Waals surface area contributed by atoms with Crippen molar-refractivity contribution in [2.75, 3.05) is 0 Å². The lowest BCUT2D eigenvalue weighted by molar-refractivity contribution is 0.00578. The van der Waals surface area contributed by atoms with E-state index in [1.54, 1.807) is 0 Å². The first-order valence-corrected chi connectivity index (χ1v) is 7.11. The number of nitrogens with two attached hydrogens (primary N) is 1. The number of halogens is 3. The molecule has 2 rings (SSSR count). The molecule has 0 unspecified atom stereocenters. The van der Waals surface area contributed by atoms with Gasteiger partial charge in [0.05, 0.1) is 21.6 Å². The molecule has 0 saturated carbocycles. The quantitative estimate of drug-likeness (QED) is 0.659. The molecule has 0 radical (unpaired) electrons. The maximum absolute atomic E-state index is 14.1. The molecule has 0 spiro atoms. The Labute approximate surface area is 126 Å². The molecule has 1 aliphatic heterocycles. The Morgan fingerprint density at radius 3 is 2.15 bits per heavy atom. The fourth-order valence-corrected chi connectivity index (χ4v) is 2.37. The van der Waals surface area contributed by atoms with Gasteiger partial charge < -0.3 is 15.0 Å². The first-order chi connectivity index (χ1) is 9.07. The van der Waals surface area contributed by atoms with Gasteiger partial charge in [0, 0.05) is 5.56 Å². The summed E-state index contributed by atoms with van der Waals surface area (Å²) in [5, 5.41) is 0. The van der Waals surface area contributed by atoms with Crippen LogP contribution in [0.4, 0.5) is 8.78 Å². The van der Waals surface area contributed by atoms with Crippen LogP contribution in [-0.4, -0.2) is 18.3 Å². The second-order valence-electron chi connectivity index (χ2n) is 5.91. The lowest BCUT2D eigenvalue weighted by atomic mass is 9.74. The summed E-state index contributed by atoms with van der Waals surface area (Å²) in [5.74, 6) is -2.49. The van der Waals surface area contributed by atoms with Gasteiger partial charge in [-0.2, -0.15) is 0 Å². The van der Waals surface area contributed by atoms with Gasteiger partial charge in [0.15, 0.2) is 0 Å². The summed E-state index contributed by atoms with van der Waals surface area (Å²) >= 11 is 3.02. The summed E-state index contributed by atoms with van der Waals surface area (Å²) in [5.41, 5.74) is 4.52. The third kappa shape index (κ3) is 2.52. The van der Waals surface area contributed by atoms with E-state index in [0.29, 0.717) is 0 Å². The Balaban J connectivity index is 2.35. The molecule has 0 aromatic heterocycles. The van der Waals surface area contributed by atoms with Crippen molar-refractivity contribution in [2.45, 2.75) is 44.8 Å². The fraction of sp³-hybridized carbons (Fsp3) is 0.538. The van der Waals surface area contributed by atoms with Crippen molar-refractivity contribution in [3.63, 3.8) is 0 Å². The van der Waals surface area contributed by atoms with E-state index < -0.39 is 35.9 Å². The first-order valence-electron chi connectivity index (χ1n) is 6.31. The van der Waals surface area contributed by atoms with Crippen LogP contribution in [0.1, 0.15) is 39.2 Å². The van der Waals surface area contributed by atoms with Crippen LogP contribution in [0.15, 0.2) is 16.6 Å². The standard InChI is InChI=1S/C13H17BBrF2NO2/c1-12(2)13(3,4)20-14(19-12)11(18)9-8(16)6-5-7(15)10(9)17/h5-6,11H,18H2,1-4H3/t11-/m1/s1. The van der Waals surface area contributed by atoms with E-state index in [2.05, 4.69) is 15.9 Å². The summed E-state index contributed by atoms with van der Waals surface area (Å²) in [4.78, 5) is 0. The van der Waals surface area contributed by atoms with E-state index in [4.69, 9.17) is 15.0 Å². The minimum absolute atomic E-state index is 0.154. The third-order valence-electron chi connectivity index (χ3n) is 3.98. The molecule has 1 atom stereocenters. The van der Waals surface area contributed by atoms with Gasteiger partial charge >= 0.3 is 7.12 Å². The summed E-state index contributed by atoms with van der Waals surface area (Å²) < 4.78 is 39.6. The lowest BCUT2D eigenvalue weighted by Crippen LogP contribution is -2.41. The zero-order chi connectivity index (χ0) is 15.3. The van der Waals surface area contributed by atoms with Crippen LogP contribution in [0.3, 0.4) is 0 Å². The SMILES string of the molecule is CC1(C)OB([C@H](N)c2c(F)ccc(Br)c2F)OC1(C)C. The van der Waals surface area contributed by atoms with Gasteiger partial charge in [0.1, 0.15) is 11.6 Å². The minimum atomic E-state index is -1.05. The van der Waals surface area contributed by atoms with Gasteiger partial charge in [0.2, 0.25) is 0 Å². The summed E-state index contributed by atoms with van der Waals surface area (Å²) in [6.07, 6.45) is 0. The van der Waals surface area contributed by atoms with Crippen molar-refractivity contribution in [2.24, 2.45) is 5.73 Å². The molecule has 1 aromatic carbocycles. The normalized spacial score (nSPS) is 22.1. The highest BCUT2D eigenvalue weighted by molar-refractivity contribution is 9.10. The highest BCUT2D eigenvalue weighted by Crippen LogP contribution is 2.40. The molecule has 2 N–H and O–H groups in total.